The topological polar surface area (TPSA) is 119 Å². The fraction of sp³-hybridized carbons (Fsp3) is 0.434. The molecular weight excluding hydrogens is 793 g/mol. The summed E-state index contributed by atoms with van der Waals surface area (Å²) in [6, 6.07) is 33.6. The van der Waals surface area contributed by atoms with E-state index in [1.54, 1.807) is 18.0 Å². The molecule has 4 aromatic carbocycles. The second-order valence-corrected chi connectivity index (χ2v) is 18.3. The van der Waals surface area contributed by atoms with Gasteiger partial charge < -0.3 is 38.9 Å². The van der Waals surface area contributed by atoms with Crippen LogP contribution in [0.15, 0.2) is 133 Å². The minimum Gasteiger partial charge on any atom is -0.459 e. The molecule has 10 nitrogen and oxygen atoms in total. The Morgan fingerprint density at radius 3 is 2.24 bits per heavy atom. The Balaban J connectivity index is 1.37. The molecule has 10 heteroatoms. The van der Waals surface area contributed by atoms with Crippen LogP contribution in [-0.2, 0) is 20.9 Å². The summed E-state index contributed by atoms with van der Waals surface area (Å²) in [7, 11) is 1.75. The van der Waals surface area contributed by atoms with Crippen molar-refractivity contribution >= 4 is 11.8 Å². The summed E-state index contributed by atoms with van der Waals surface area (Å²) in [6.45, 7) is 11.0. The van der Waals surface area contributed by atoms with Crippen LogP contribution < -0.4 is 9.47 Å². The summed E-state index contributed by atoms with van der Waals surface area (Å²) < 4.78 is 26.9. The van der Waals surface area contributed by atoms with Crippen molar-refractivity contribution in [2.24, 2.45) is 28.3 Å². The molecule has 1 heterocycles. The monoisotopic (exact) mass is 856 g/mol. The number of amides is 1. The third kappa shape index (κ3) is 10.7. The fourth-order valence-electron chi connectivity index (χ4n) is 9.54. The summed E-state index contributed by atoms with van der Waals surface area (Å²) in [5, 5.41) is 24.8. The normalized spacial score (nSPS) is 23.1. The van der Waals surface area contributed by atoms with E-state index in [1.807, 2.05) is 93.6 Å². The average molecular weight is 857 g/mol. The molecule has 2 N–H and O–H groups in total. The molecule has 1 fully saturated rings. The number of rotatable bonds is 19. The summed E-state index contributed by atoms with van der Waals surface area (Å²) in [6.07, 6.45) is 8.52. The molecule has 6 atom stereocenters. The highest BCUT2D eigenvalue weighted by atomic mass is 16.7. The van der Waals surface area contributed by atoms with Crippen LogP contribution in [0, 0.1) is 23.2 Å². The lowest BCUT2D eigenvalue weighted by Gasteiger charge is -2.59. The van der Waals surface area contributed by atoms with Gasteiger partial charge in [0.1, 0.15) is 29.9 Å². The Morgan fingerprint density at radius 1 is 0.889 bits per heavy atom. The largest absolute Gasteiger partial charge is 0.459 e. The number of likely N-dealkylation sites (N-methyl/N-ethyl adjacent to an activating group) is 1. The Bertz CT molecular complexity index is 2180. The highest BCUT2D eigenvalue weighted by Crippen LogP contribution is 2.62. The lowest BCUT2D eigenvalue weighted by molar-refractivity contribution is -0.253. The molecular formula is C53H64N2O8. The summed E-state index contributed by atoms with van der Waals surface area (Å²) in [4.78, 5) is 22.0. The van der Waals surface area contributed by atoms with Gasteiger partial charge in [0.25, 0.3) is 0 Å². The van der Waals surface area contributed by atoms with Gasteiger partial charge in [0.2, 0.25) is 5.79 Å². The lowest BCUT2D eigenvalue weighted by Crippen LogP contribution is -2.69. The number of ether oxygens (including phenoxy) is 4. The van der Waals surface area contributed by atoms with E-state index in [0.29, 0.717) is 30.1 Å². The number of hydrogen-bond acceptors (Lipinski definition) is 9. The van der Waals surface area contributed by atoms with Crippen LogP contribution in [-0.4, -0.2) is 72.2 Å². The van der Waals surface area contributed by atoms with E-state index in [2.05, 4.69) is 43.0 Å². The van der Waals surface area contributed by atoms with Crippen LogP contribution in [0.3, 0.4) is 0 Å². The second kappa shape index (κ2) is 20.8. The molecule has 1 amide bonds. The first kappa shape index (κ1) is 45.6. The summed E-state index contributed by atoms with van der Waals surface area (Å²) >= 11 is 0. The number of unbranched alkanes of at least 4 members (excludes halogenated alkanes) is 2. The summed E-state index contributed by atoms with van der Waals surface area (Å²) in [5.74, 6) is 0.164. The van der Waals surface area contributed by atoms with Crippen LogP contribution in [0.4, 0.5) is 4.79 Å². The molecule has 1 aliphatic heterocycles. The van der Waals surface area contributed by atoms with Crippen molar-refractivity contribution in [1.29, 1.82) is 0 Å². The number of benzene rings is 4. The van der Waals surface area contributed by atoms with E-state index in [-0.39, 0.29) is 62.6 Å². The van der Waals surface area contributed by atoms with Gasteiger partial charge in [-0.1, -0.05) is 124 Å². The predicted octanol–water partition coefficient (Wildman–Crippen LogP) is 11.1. The Hall–Kier alpha value is -5.42. The van der Waals surface area contributed by atoms with Crippen LogP contribution >= 0.6 is 0 Å². The second-order valence-electron chi connectivity index (χ2n) is 18.3. The molecule has 63 heavy (non-hydrogen) atoms. The maximum absolute atomic E-state index is 14.2. The molecule has 334 valence electrons. The number of allylic oxidation sites excluding steroid dienone is 1. The minimum atomic E-state index is -1.38. The predicted molar refractivity (Wildman–Crippen MR) is 247 cm³/mol. The molecule has 0 bridgehead atoms. The van der Waals surface area contributed by atoms with Crippen molar-refractivity contribution in [2.45, 2.75) is 90.1 Å². The van der Waals surface area contributed by atoms with Crippen molar-refractivity contribution < 1.29 is 38.8 Å². The van der Waals surface area contributed by atoms with Gasteiger partial charge in [-0.2, -0.15) is 0 Å². The van der Waals surface area contributed by atoms with Crippen LogP contribution in [0.5, 0.6) is 17.2 Å². The minimum absolute atomic E-state index is 0.0714. The number of fused-ring (bicyclic) bond motifs is 2. The lowest BCUT2D eigenvalue weighted by atomic mass is 9.55. The van der Waals surface area contributed by atoms with Gasteiger partial charge in [0, 0.05) is 38.2 Å². The van der Waals surface area contributed by atoms with Gasteiger partial charge in [0.15, 0.2) is 0 Å². The van der Waals surface area contributed by atoms with Gasteiger partial charge in [-0.15, -0.1) is 6.58 Å². The van der Waals surface area contributed by atoms with Crippen LogP contribution in [0.25, 0.3) is 11.1 Å². The molecule has 0 radical (unpaired) electrons. The van der Waals surface area contributed by atoms with E-state index in [1.165, 1.54) is 0 Å². The fourth-order valence-corrected chi connectivity index (χ4v) is 9.54. The third-order valence-corrected chi connectivity index (χ3v) is 12.5. The van der Waals surface area contributed by atoms with Crippen molar-refractivity contribution in [1.82, 2.24) is 4.90 Å². The van der Waals surface area contributed by atoms with Crippen molar-refractivity contribution in [2.75, 3.05) is 33.5 Å². The van der Waals surface area contributed by atoms with E-state index < -0.39 is 23.8 Å². The molecule has 0 saturated heterocycles. The molecule has 0 spiro atoms. The Morgan fingerprint density at radius 2 is 1.56 bits per heavy atom. The highest BCUT2D eigenvalue weighted by Gasteiger charge is 2.65. The number of hydrogen-bond donors (Lipinski definition) is 2. The first-order valence-electron chi connectivity index (χ1n) is 22.5. The van der Waals surface area contributed by atoms with Gasteiger partial charge in [0.05, 0.1) is 24.8 Å². The van der Waals surface area contributed by atoms with E-state index in [4.69, 9.17) is 28.9 Å². The van der Waals surface area contributed by atoms with Crippen LogP contribution in [0.2, 0.25) is 0 Å². The van der Waals surface area contributed by atoms with Crippen molar-refractivity contribution in [3.8, 4) is 28.4 Å². The molecule has 7 rings (SSSR count). The standard InChI is InChI=1S/C53H64N2O8/c1-6-31-60-53-48(55(5)51(58)59-36-52(2,3)4)34-46(54-61-35-37-17-9-7-10-18-37)44-32-40(21-13-15-29-56)43(22-14-16-30-57)49(50(44)53)45-33-42(27-28-47(45)63-53)62-41-25-23-39(24-26-41)38-19-11-8-12-20-38/h6-12,17-20,23-28,32-33,40,43,48-50,56-57H,1,13-16,21-22,29-31,34-36H2,2-5H3. The van der Waals surface area contributed by atoms with Gasteiger partial charge >= 0.3 is 6.09 Å². The molecule has 1 saturated carbocycles. The zero-order valence-electron chi connectivity index (χ0n) is 37.3. The van der Waals surface area contributed by atoms with Crippen molar-refractivity contribution in [3.63, 3.8) is 0 Å². The quantitative estimate of drug-likeness (QED) is 0.0544. The first-order valence-corrected chi connectivity index (χ1v) is 22.5. The van der Waals surface area contributed by atoms with Crippen molar-refractivity contribution in [3.05, 3.63) is 139 Å². The van der Waals surface area contributed by atoms with E-state index in [0.717, 1.165) is 59.2 Å². The highest BCUT2D eigenvalue weighted by molar-refractivity contribution is 6.03. The third-order valence-electron chi connectivity index (χ3n) is 12.5. The number of oxime groups is 1. The van der Waals surface area contributed by atoms with Gasteiger partial charge in [-0.05, 0) is 95.5 Å². The van der Waals surface area contributed by atoms with Crippen LogP contribution in [0.1, 0.15) is 82.8 Å². The molecule has 6 unspecified atom stereocenters. The number of aliphatic hydroxyl groups is 2. The Kier molecular flexibility index (Phi) is 15.1. The smallest absolute Gasteiger partial charge is 0.410 e. The zero-order valence-corrected chi connectivity index (χ0v) is 37.3. The molecule has 4 aromatic rings. The molecule has 0 aromatic heterocycles. The summed E-state index contributed by atoms with van der Waals surface area (Å²) in [5.41, 5.74) is 5.63. The maximum atomic E-state index is 14.2. The number of carbonyl (C=O) groups is 1. The molecule has 2 aliphatic carbocycles. The first-order chi connectivity index (χ1) is 30.5. The number of carbonyl (C=O) groups excluding carboxylic acids is 1. The Labute approximate surface area is 373 Å². The number of nitrogens with zero attached hydrogens (tertiary/aromatic N) is 2. The maximum Gasteiger partial charge on any atom is 0.410 e. The SMILES string of the molecule is C=CCOC12Oc3ccc(Oc4ccc(-c5ccccc5)cc4)cc3C3C(CCCCO)C(CCCCO)C=C(C(=NOCc4ccccc4)CC1N(C)C(=O)OCC(C)(C)C)C32. The average Bonchev–Trinajstić information content (AvgIpc) is 3.29. The van der Waals surface area contributed by atoms with Gasteiger partial charge in [-0.25, -0.2) is 4.79 Å². The zero-order chi connectivity index (χ0) is 44.4. The molecule has 3 aliphatic rings. The van der Waals surface area contributed by atoms with E-state index >= 15 is 0 Å². The van der Waals surface area contributed by atoms with E-state index in [9.17, 15) is 15.0 Å². The number of aliphatic hydroxyl groups excluding tert-OH is 2. The van der Waals surface area contributed by atoms with Gasteiger partial charge in [-0.3, -0.25) is 0 Å².